The molecule has 3 aliphatic rings. The van der Waals surface area contributed by atoms with E-state index in [1.807, 2.05) is 0 Å². The lowest BCUT2D eigenvalue weighted by atomic mass is 9.35. The number of para-hydroxylation sites is 2. The van der Waals surface area contributed by atoms with Crippen LogP contribution in [0.5, 0.6) is 0 Å². The molecule has 0 saturated carbocycles. The van der Waals surface area contributed by atoms with E-state index in [0.717, 1.165) is 58.4 Å². The van der Waals surface area contributed by atoms with Gasteiger partial charge in [-0.3, -0.25) is 0 Å². The molecule has 0 fully saturated rings. The first-order chi connectivity index (χ1) is 32.0. The van der Waals surface area contributed by atoms with Crippen LogP contribution >= 0.6 is 0 Å². The van der Waals surface area contributed by atoms with Gasteiger partial charge < -0.3 is 19.1 Å². The molecule has 1 aliphatic carbocycles. The Morgan fingerprint density at radius 2 is 0.985 bits per heavy atom. The lowest BCUT2D eigenvalue weighted by Crippen LogP contribution is -2.61. The van der Waals surface area contributed by atoms with Gasteiger partial charge in [-0.25, -0.2) is 0 Å². The fraction of sp³-hybridized carbons (Fsp3) is 0.258. The summed E-state index contributed by atoms with van der Waals surface area (Å²) in [5, 5.41) is 0. The molecule has 7 aromatic carbocycles. The van der Waals surface area contributed by atoms with E-state index in [9.17, 15) is 0 Å². The van der Waals surface area contributed by atoms with Crippen molar-refractivity contribution in [3.05, 3.63) is 192 Å². The molecule has 8 aromatic rings. The number of furan rings is 1. The molecule has 334 valence electrons. The van der Waals surface area contributed by atoms with Gasteiger partial charge in [-0.15, -0.1) is 0 Å². The zero-order valence-electron chi connectivity index (χ0n) is 40.9. The van der Waals surface area contributed by atoms with E-state index in [4.69, 9.17) is 4.42 Å². The van der Waals surface area contributed by atoms with Crippen molar-refractivity contribution in [3.63, 3.8) is 0 Å². The molecule has 5 heteroatoms. The highest BCUT2D eigenvalue weighted by molar-refractivity contribution is 6.99. The van der Waals surface area contributed by atoms with E-state index in [2.05, 4.69) is 254 Å². The minimum atomic E-state index is -0.157. The summed E-state index contributed by atoms with van der Waals surface area (Å²) in [6, 6.07) is 63.1. The molecule has 0 atom stereocenters. The quantitative estimate of drug-likeness (QED) is 0.155. The third-order valence-electron chi connectivity index (χ3n) is 14.9. The molecule has 0 N–H and O–H groups in total. The molecular weight excluding hydrogens is 814 g/mol. The van der Waals surface area contributed by atoms with Gasteiger partial charge in [-0.2, -0.15) is 0 Å². The van der Waals surface area contributed by atoms with Crippen molar-refractivity contribution in [3.8, 4) is 11.1 Å². The molecule has 4 nitrogen and oxygen atoms in total. The smallest absolute Gasteiger partial charge is 0.297 e. The zero-order valence-corrected chi connectivity index (χ0v) is 40.9. The van der Waals surface area contributed by atoms with Crippen LogP contribution in [0, 0.1) is 0 Å². The van der Waals surface area contributed by atoms with Crippen molar-refractivity contribution >= 4 is 74.5 Å². The first kappa shape index (κ1) is 42.9. The summed E-state index contributed by atoms with van der Waals surface area (Å²) in [5.41, 5.74) is 19.8. The monoisotopic (exact) mass is 875 g/mol. The van der Waals surface area contributed by atoms with Crippen LogP contribution in [0.4, 0.5) is 51.2 Å². The molecule has 0 amide bonds. The van der Waals surface area contributed by atoms with Crippen molar-refractivity contribution in [2.45, 2.75) is 104 Å². The largest absolute Gasteiger partial charge is 0.472 e. The summed E-state index contributed by atoms with van der Waals surface area (Å²) in [5.74, 6) is 1.12. The van der Waals surface area contributed by atoms with Crippen LogP contribution in [0.3, 0.4) is 0 Å². The third kappa shape index (κ3) is 7.12. The predicted molar refractivity (Wildman–Crippen MR) is 286 cm³/mol. The van der Waals surface area contributed by atoms with Crippen LogP contribution in [0.1, 0.15) is 105 Å². The summed E-state index contributed by atoms with van der Waals surface area (Å²) in [7, 11) is 0. The minimum Gasteiger partial charge on any atom is -0.472 e. The second-order valence-corrected chi connectivity index (χ2v) is 22.5. The Morgan fingerprint density at radius 3 is 1.57 bits per heavy atom. The number of hydrogen-bond donors (Lipinski definition) is 0. The molecule has 0 radical (unpaired) electrons. The van der Waals surface area contributed by atoms with E-state index in [1.54, 1.807) is 0 Å². The maximum atomic E-state index is 7.70. The fourth-order valence-corrected chi connectivity index (χ4v) is 11.1. The highest BCUT2D eigenvalue weighted by Gasteiger charge is 2.52. The van der Waals surface area contributed by atoms with Gasteiger partial charge in [-0.1, -0.05) is 172 Å². The van der Waals surface area contributed by atoms with Crippen molar-refractivity contribution in [1.29, 1.82) is 0 Å². The Morgan fingerprint density at radius 1 is 0.493 bits per heavy atom. The van der Waals surface area contributed by atoms with E-state index >= 15 is 0 Å². The van der Waals surface area contributed by atoms with Crippen LogP contribution in [0.25, 0.3) is 11.1 Å². The van der Waals surface area contributed by atoms with Gasteiger partial charge in [0.15, 0.2) is 0 Å². The van der Waals surface area contributed by atoms with Gasteiger partial charge >= 0.3 is 0 Å². The molecule has 0 spiro atoms. The number of rotatable bonds is 6. The van der Waals surface area contributed by atoms with E-state index in [-0.39, 0.29) is 28.4 Å². The summed E-state index contributed by atoms with van der Waals surface area (Å²) in [6.07, 6.45) is 2.13. The van der Waals surface area contributed by atoms with Crippen molar-refractivity contribution in [1.82, 2.24) is 0 Å². The van der Waals surface area contributed by atoms with Crippen LogP contribution in [-0.2, 0) is 21.7 Å². The Kier molecular flexibility index (Phi) is 9.87. The highest BCUT2D eigenvalue weighted by Crippen LogP contribution is 2.56. The number of anilines is 9. The third-order valence-corrected chi connectivity index (χ3v) is 14.9. The Hall–Kier alpha value is -6.72. The molecular formula is C62H62BN3O. The topological polar surface area (TPSA) is 22.9 Å². The standard InChI is InChI=1S/C62H62BN3O/c1-59(2,3)43-28-33-47(34-29-43)65-51-35-30-44(60(4,5)6)38-50(51)63-55-52(65)39-49(64(45-22-16-12-17-23-45)46-24-18-13-19-25-46)40-53(55)66(48-31-26-42(27-32-48)41-20-14-11-15-21-41)56-54-57(67-58(56)63)62(9,10)37-36-61(54,7)8/h11-35,38-40H,36-37H2,1-10H3. The van der Waals surface area contributed by atoms with Crippen LogP contribution in [0.2, 0.25) is 0 Å². The SMILES string of the molecule is CC(C)(C)c1ccc(N2c3ccc(C(C)(C)C)cc3B3c4oc5c(c4N(c4ccc(-c6ccccc6)cc4)c4cc(N(c6ccccc6)c6ccccc6)cc2c43)C(C)(C)CCC5(C)C)cc1. The normalized spacial score (nSPS) is 15.6. The van der Waals surface area contributed by atoms with Crippen molar-refractivity contribution in [2.75, 3.05) is 14.7 Å². The van der Waals surface area contributed by atoms with Crippen molar-refractivity contribution < 1.29 is 4.42 Å². The highest BCUT2D eigenvalue weighted by atomic mass is 16.3. The Balaban J connectivity index is 1.28. The van der Waals surface area contributed by atoms with E-state index < -0.39 is 0 Å². The summed E-state index contributed by atoms with van der Waals surface area (Å²) >= 11 is 0. The van der Waals surface area contributed by atoms with Crippen molar-refractivity contribution in [2.24, 2.45) is 0 Å². The summed E-state index contributed by atoms with van der Waals surface area (Å²) in [6.45, 7) is 23.4. The van der Waals surface area contributed by atoms with Gasteiger partial charge in [0.2, 0.25) is 0 Å². The molecule has 3 heterocycles. The minimum absolute atomic E-state index is 0.0168. The van der Waals surface area contributed by atoms with Gasteiger partial charge in [0, 0.05) is 50.8 Å². The van der Waals surface area contributed by atoms with Gasteiger partial charge in [0.05, 0.1) is 17.0 Å². The maximum absolute atomic E-state index is 7.70. The number of fused-ring (bicyclic) bond motifs is 6. The van der Waals surface area contributed by atoms with E-state index in [1.165, 1.54) is 55.8 Å². The Labute approximate surface area is 399 Å². The fourth-order valence-electron chi connectivity index (χ4n) is 11.1. The molecule has 0 saturated heterocycles. The lowest BCUT2D eigenvalue weighted by molar-refractivity contribution is 0.282. The predicted octanol–water partition coefficient (Wildman–Crippen LogP) is 15.4. The second kappa shape index (κ2) is 15.4. The molecule has 2 aliphatic heterocycles. The number of benzene rings is 7. The maximum Gasteiger partial charge on any atom is 0.297 e. The summed E-state index contributed by atoms with van der Waals surface area (Å²) in [4.78, 5) is 7.55. The van der Waals surface area contributed by atoms with Gasteiger partial charge in [-0.05, 0) is 129 Å². The van der Waals surface area contributed by atoms with E-state index in [0.29, 0.717) is 0 Å². The number of hydrogen-bond acceptors (Lipinski definition) is 4. The molecule has 67 heavy (non-hydrogen) atoms. The lowest BCUT2D eigenvalue weighted by Gasteiger charge is -2.45. The average molecular weight is 876 g/mol. The van der Waals surface area contributed by atoms with Gasteiger partial charge in [0.25, 0.3) is 6.71 Å². The first-order valence-electron chi connectivity index (χ1n) is 24.3. The first-order valence-corrected chi connectivity index (χ1v) is 24.3. The molecule has 0 unspecified atom stereocenters. The molecule has 1 aromatic heterocycles. The molecule has 0 bridgehead atoms. The second-order valence-electron chi connectivity index (χ2n) is 22.5. The average Bonchev–Trinajstić information content (AvgIpc) is 3.74. The summed E-state index contributed by atoms with van der Waals surface area (Å²) < 4.78 is 7.70. The zero-order chi connectivity index (χ0) is 46.6. The number of nitrogens with zero attached hydrogens (tertiary/aromatic N) is 3. The Bertz CT molecular complexity index is 3100. The van der Waals surface area contributed by atoms with Crippen LogP contribution in [0.15, 0.2) is 174 Å². The van der Waals surface area contributed by atoms with Gasteiger partial charge in [0.1, 0.15) is 5.76 Å². The molecule has 11 rings (SSSR count). The van der Waals surface area contributed by atoms with Crippen LogP contribution < -0.4 is 31.3 Å². The van der Waals surface area contributed by atoms with Crippen LogP contribution in [-0.4, -0.2) is 6.71 Å².